The molecule has 2 atom stereocenters. The zero-order valence-electron chi connectivity index (χ0n) is 14.7. The van der Waals surface area contributed by atoms with Gasteiger partial charge in [0, 0.05) is 45.8 Å². The highest BCUT2D eigenvalue weighted by molar-refractivity contribution is 5.78. The molecule has 0 bridgehead atoms. The Morgan fingerprint density at radius 3 is 2.56 bits per heavy atom. The van der Waals surface area contributed by atoms with Gasteiger partial charge in [0.25, 0.3) is 0 Å². The van der Waals surface area contributed by atoms with Gasteiger partial charge in [-0.3, -0.25) is 4.90 Å². The SMILES string of the molecule is Cc1cc(CN2CC3CN(c4nc5ccccc5n4C)CC3C2)no1. The molecule has 25 heavy (non-hydrogen) atoms. The number of para-hydroxylation sites is 2. The topological polar surface area (TPSA) is 50.3 Å². The second kappa shape index (κ2) is 5.59. The van der Waals surface area contributed by atoms with Crippen LogP contribution in [0.5, 0.6) is 0 Å². The predicted octanol–water partition coefficient (Wildman–Crippen LogP) is 2.44. The van der Waals surface area contributed by atoms with Gasteiger partial charge in [-0.2, -0.15) is 0 Å². The number of rotatable bonds is 3. The summed E-state index contributed by atoms with van der Waals surface area (Å²) in [7, 11) is 2.12. The minimum Gasteiger partial charge on any atom is -0.361 e. The van der Waals surface area contributed by atoms with Gasteiger partial charge < -0.3 is 14.0 Å². The highest BCUT2D eigenvalue weighted by atomic mass is 16.5. The van der Waals surface area contributed by atoms with Crippen LogP contribution in [0.2, 0.25) is 0 Å². The van der Waals surface area contributed by atoms with E-state index < -0.39 is 0 Å². The average Bonchev–Trinajstić information content (AvgIpc) is 3.32. The molecule has 0 N–H and O–H groups in total. The fourth-order valence-corrected chi connectivity index (χ4v) is 4.52. The Hall–Kier alpha value is -2.34. The number of imidazole rings is 1. The van der Waals surface area contributed by atoms with Gasteiger partial charge in [0.2, 0.25) is 5.95 Å². The first-order valence-electron chi connectivity index (χ1n) is 8.98. The van der Waals surface area contributed by atoms with Gasteiger partial charge >= 0.3 is 0 Å². The minimum absolute atomic E-state index is 0.716. The number of aromatic nitrogens is 3. The molecule has 0 spiro atoms. The van der Waals surface area contributed by atoms with E-state index in [1.165, 1.54) is 5.52 Å². The second-order valence-electron chi connectivity index (χ2n) is 7.51. The number of aryl methyl sites for hydroxylation is 2. The molecule has 2 aromatic heterocycles. The van der Waals surface area contributed by atoms with Crippen LogP contribution >= 0.6 is 0 Å². The highest BCUT2D eigenvalue weighted by Crippen LogP contribution is 2.35. The molecule has 0 saturated carbocycles. The van der Waals surface area contributed by atoms with E-state index in [0.29, 0.717) is 11.8 Å². The average molecular weight is 337 g/mol. The Bertz CT molecular complexity index is 900. The number of likely N-dealkylation sites (tertiary alicyclic amines) is 1. The van der Waals surface area contributed by atoms with Crippen LogP contribution < -0.4 is 4.90 Å². The molecule has 5 rings (SSSR count). The molecule has 6 nitrogen and oxygen atoms in total. The van der Waals surface area contributed by atoms with E-state index in [0.717, 1.165) is 55.6 Å². The molecule has 6 heteroatoms. The third-order valence-corrected chi connectivity index (χ3v) is 5.67. The third-order valence-electron chi connectivity index (χ3n) is 5.67. The molecule has 0 aliphatic carbocycles. The Kier molecular flexibility index (Phi) is 3.35. The third kappa shape index (κ3) is 2.52. The Balaban J connectivity index is 1.29. The fraction of sp³-hybridized carbons (Fsp3) is 0.474. The van der Waals surface area contributed by atoms with Crippen LogP contribution in [0.25, 0.3) is 11.0 Å². The zero-order valence-corrected chi connectivity index (χ0v) is 14.7. The van der Waals surface area contributed by atoms with E-state index in [-0.39, 0.29) is 0 Å². The number of fused-ring (bicyclic) bond motifs is 2. The monoisotopic (exact) mass is 337 g/mol. The summed E-state index contributed by atoms with van der Waals surface area (Å²) in [5.41, 5.74) is 3.34. The number of anilines is 1. The lowest BCUT2D eigenvalue weighted by molar-refractivity contribution is 0.293. The smallest absolute Gasteiger partial charge is 0.206 e. The van der Waals surface area contributed by atoms with Gasteiger partial charge in [-0.15, -0.1) is 0 Å². The standard InChI is InChI=1S/C19H23N5O/c1-13-7-16(21-25-13)12-23-8-14-10-24(11-15(14)9-23)19-20-17-5-3-4-6-18(17)22(19)2/h3-7,14-15H,8-12H2,1-2H3. The molecule has 3 aromatic rings. The summed E-state index contributed by atoms with van der Waals surface area (Å²) >= 11 is 0. The Morgan fingerprint density at radius 2 is 1.88 bits per heavy atom. The van der Waals surface area contributed by atoms with Crippen LogP contribution in [0.4, 0.5) is 5.95 Å². The molecule has 0 amide bonds. The maximum absolute atomic E-state index is 5.19. The summed E-state index contributed by atoms with van der Waals surface area (Å²) in [6, 6.07) is 10.4. The van der Waals surface area contributed by atoms with Crippen molar-refractivity contribution in [2.45, 2.75) is 13.5 Å². The summed E-state index contributed by atoms with van der Waals surface area (Å²) in [6.07, 6.45) is 0. The summed E-state index contributed by atoms with van der Waals surface area (Å²) in [5, 5.41) is 4.13. The first kappa shape index (κ1) is 15.0. The zero-order chi connectivity index (χ0) is 17.0. The normalized spacial score (nSPS) is 23.7. The molecule has 130 valence electrons. The molecule has 0 radical (unpaired) electrons. The van der Waals surface area contributed by atoms with Crippen LogP contribution in [0.3, 0.4) is 0 Å². The maximum Gasteiger partial charge on any atom is 0.206 e. The Morgan fingerprint density at radius 1 is 1.12 bits per heavy atom. The van der Waals surface area contributed by atoms with Gasteiger partial charge in [-0.1, -0.05) is 17.3 Å². The molecule has 2 unspecified atom stereocenters. The van der Waals surface area contributed by atoms with Crippen LogP contribution in [-0.2, 0) is 13.6 Å². The lowest BCUT2D eigenvalue weighted by Gasteiger charge is -2.21. The van der Waals surface area contributed by atoms with Gasteiger partial charge in [-0.05, 0) is 30.9 Å². The predicted molar refractivity (Wildman–Crippen MR) is 96.4 cm³/mol. The molecule has 2 aliphatic heterocycles. The molecule has 2 fully saturated rings. The number of hydrogen-bond donors (Lipinski definition) is 0. The van der Waals surface area contributed by atoms with Crippen molar-refractivity contribution in [3.63, 3.8) is 0 Å². The number of hydrogen-bond acceptors (Lipinski definition) is 5. The highest BCUT2D eigenvalue weighted by Gasteiger charge is 2.41. The first-order valence-corrected chi connectivity index (χ1v) is 8.98. The first-order chi connectivity index (χ1) is 12.2. The van der Waals surface area contributed by atoms with E-state index in [9.17, 15) is 0 Å². The van der Waals surface area contributed by atoms with Gasteiger partial charge in [0.05, 0.1) is 16.7 Å². The molecular weight excluding hydrogens is 314 g/mol. The van der Waals surface area contributed by atoms with Crippen LogP contribution in [-0.4, -0.2) is 45.8 Å². The quantitative estimate of drug-likeness (QED) is 0.735. The van der Waals surface area contributed by atoms with Gasteiger partial charge in [-0.25, -0.2) is 4.98 Å². The molecule has 4 heterocycles. The summed E-state index contributed by atoms with van der Waals surface area (Å²) in [4.78, 5) is 9.84. The second-order valence-corrected chi connectivity index (χ2v) is 7.51. The minimum atomic E-state index is 0.716. The van der Waals surface area contributed by atoms with E-state index in [4.69, 9.17) is 9.51 Å². The van der Waals surface area contributed by atoms with Crippen molar-refractivity contribution in [3.8, 4) is 0 Å². The summed E-state index contributed by atoms with van der Waals surface area (Å²) in [5.74, 6) is 3.43. The summed E-state index contributed by atoms with van der Waals surface area (Å²) in [6.45, 7) is 7.31. The number of benzene rings is 1. The summed E-state index contributed by atoms with van der Waals surface area (Å²) < 4.78 is 7.42. The van der Waals surface area contributed by atoms with Crippen molar-refractivity contribution in [2.75, 3.05) is 31.1 Å². The van der Waals surface area contributed by atoms with Crippen molar-refractivity contribution >= 4 is 17.0 Å². The maximum atomic E-state index is 5.19. The van der Waals surface area contributed by atoms with Crippen LogP contribution in [0, 0.1) is 18.8 Å². The lowest BCUT2D eigenvalue weighted by atomic mass is 10.0. The molecule has 2 aliphatic rings. The van der Waals surface area contributed by atoms with Crippen LogP contribution in [0.15, 0.2) is 34.9 Å². The van der Waals surface area contributed by atoms with E-state index in [1.807, 2.05) is 13.0 Å². The van der Waals surface area contributed by atoms with E-state index in [2.05, 4.69) is 50.8 Å². The largest absolute Gasteiger partial charge is 0.361 e. The molecular formula is C19H23N5O. The Labute approximate surface area is 147 Å². The van der Waals surface area contributed by atoms with Crippen molar-refractivity contribution in [1.29, 1.82) is 0 Å². The fourth-order valence-electron chi connectivity index (χ4n) is 4.52. The van der Waals surface area contributed by atoms with Gasteiger partial charge in [0.15, 0.2) is 0 Å². The van der Waals surface area contributed by atoms with Crippen molar-refractivity contribution in [3.05, 3.63) is 41.8 Å². The molecule has 1 aromatic carbocycles. The van der Waals surface area contributed by atoms with Crippen molar-refractivity contribution in [2.24, 2.45) is 18.9 Å². The van der Waals surface area contributed by atoms with Crippen LogP contribution in [0.1, 0.15) is 11.5 Å². The van der Waals surface area contributed by atoms with Crippen molar-refractivity contribution in [1.82, 2.24) is 19.6 Å². The van der Waals surface area contributed by atoms with E-state index >= 15 is 0 Å². The van der Waals surface area contributed by atoms with Gasteiger partial charge in [0.1, 0.15) is 5.76 Å². The van der Waals surface area contributed by atoms with E-state index in [1.54, 1.807) is 0 Å². The lowest BCUT2D eigenvalue weighted by Crippen LogP contribution is -2.30. The molecule has 2 saturated heterocycles. The number of nitrogens with zero attached hydrogens (tertiary/aromatic N) is 5. The van der Waals surface area contributed by atoms with Crippen molar-refractivity contribution < 1.29 is 4.52 Å².